The smallest absolute Gasteiger partial charge is 0.126 e. The van der Waals surface area contributed by atoms with E-state index in [9.17, 15) is 0 Å². The van der Waals surface area contributed by atoms with E-state index in [1.807, 2.05) is 0 Å². The van der Waals surface area contributed by atoms with E-state index in [0.29, 0.717) is 105 Å². The van der Waals surface area contributed by atoms with Crippen LogP contribution in [0.25, 0.3) is 0 Å². The average Bonchev–Trinajstić information content (AvgIpc) is 3.10. The fraction of sp³-hybridized carbons (Fsp3) is 0.400. The lowest BCUT2D eigenvalue weighted by Gasteiger charge is -2.22. The van der Waals surface area contributed by atoms with E-state index in [1.54, 1.807) is 0 Å². The van der Waals surface area contributed by atoms with E-state index in [1.165, 1.54) is 0 Å². The molecular weight excluding hydrogens is 608 g/mol. The highest BCUT2D eigenvalue weighted by atomic mass is 16.6. The van der Waals surface area contributed by atoms with Crippen molar-refractivity contribution < 1.29 is 37.9 Å². The maximum Gasteiger partial charge on any atom is 0.126 e. The zero-order valence-electron chi connectivity index (χ0n) is 27.5. The predicted molar refractivity (Wildman–Crippen MR) is 182 cm³/mol. The summed E-state index contributed by atoms with van der Waals surface area (Å²) in [5.74, 6) is 3.54. The fourth-order valence-electron chi connectivity index (χ4n) is 6.68. The number of benzene rings is 4. The summed E-state index contributed by atoms with van der Waals surface area (Å²) in [6.07, 6.45) is 2.58. The van der Waals surface area contributed by atoms with Crippen LogP contribution in [-0.2, 0) is 44.6 Å². The molecule has 0 unspecified atom stereocenters. The van der Waals surface area contributed by atoms with Gasteiger partial charge in [0.25, 0.3) is 0 Å². The monoisotopic (exact) mass is 652 g/mol. The van der Waals surface area contributed by atoms with Crippen molar-refractivity contribution >= 4 is 0 Å². The van der Waals surface area contributed by atoms with Crippen molar-refractivity contribution in [1.82, 2.24) is 0 Å². The molecule has 0 spiro atoms. The van der Waals surface area contributed by atoms with E-state index in [-0.39, 0.29) is 0 Å². The molecule has 4 aromatic rings. The maximum absolute atomic E-state index is 6.58. The minimum atomic E-state index is 0.440. The van der Waals surface area contributed by atoms with E-state index >= 15 is 0 Å². The first kappa shape index (κ1) is 32.5. The van der Waals surface area contributed by atoms with Gasteiger partial charge in [0.15, 0.2) is 0 Å². The summed E-state index contributed by atoms with van der Waals surface area (Å²) in [7, 11) is 0. The molecule has 8 nitrogen and oxygen atoms in total. The third-order valence-corrected chi connectivity index (χ3v) is 8.88. The minimum absolute atomic E-state index is 0.440. The Labute approximate surface area is 282 Å². The average molecular weight is 653 g/mol. The number of para-hydroxylation sites is 4. The molecule has 7 rings (SSSR count). The van der Waals surface area contributed by atoms with Crippen LogP contribution in [0.3, 0.4) is 0 Å². The highest BCUT2D eigenvalue weighted by molar-refractivity contribution is 5.56. The molecule has 0 atom stereocenters. The summed E-state index contributed by atoms with van der Waals surface area (Å²) in [6, 6.07) is 25.8. The number of hydrogen-bond acceptors (Lipinski definition) is 8. The van der Waals surface area contributed by atoms with Gasteiger partial charge in [-0.25, -0.2) is 0 Å². The molecule has 0 N–H and O–H groups in total. The van der Waals surface area contributed by atoms with Crippen molar-refractivity contribution in [1.29, 1.82) is 0 Å². The summed E-state index contributed by atoms with van der Waals surface area (Å²) in [4.78, 5) is 0. The molecule has 0 amide bonds. The molecule has 1 aliphatic carbocycles. The first-order chi connectivity index (χ1) is 23.8. The fourth-order valence-corrected chi connectivity index (χ4v) is 6.68. The van der Waals surface area contributed by atoms with Crippen molar-refractivity contribution in [2.75, 3.05) is 79.3 Å². The largest absolute Gasteiger partial charge is 0.491 e. The van der Waals surface area contributed by atoms with Gasteiger partial charge in [0.05, 0.1) is 52.9 Å². The lowest BCUT2D eigenvalue weighted by atomic mass is 9.91. The molecule has 0 aromatic heterocycles. The highest BCUT2D eigenvalue weighted by Crippen LogP contribution is 2.39. The van der Waals surface area contributed by atoms with E-state index in [2.05, 4.69) is 72.8 Å². The molecule has 48 heavy (non-hydrogen) atoms. The van der Waals surface area contributed by atoms with E-state index in [4.69, 9.17) is 37.9 Å². The molecule has 2 aliphatic heterocycles. The standard InChI is InChI=1S/C40H44O8/c1-5-29-25-30-6-2-11-35-28-36-12-4-8-32-26-31-7-3-10-34(39(31)47-23-19-43-15-16-44-20-24-48-40(32)36)27-33(9-1)37(29)45-21-17-41-13-14-42-18-22-46-38(30)35/h1-12H,13-28H2. The summed E-state index contributed by atoms with van der Waals surface area (Å²) in [5.41, 5.74) is 8.79. The van der Waals surface area contributed by atoms with Crippen LogP contribution in [0.1, 0.15) is 44.5 Å². The molecule has 0 fully saturated rings. The zero-order valence-corrected chi connectivity index (χ0v) is 27.5. The summed E-state index contributed by atoms with van der Waals surface area (Å²) in [5, 5.41) is 0. The molecule has 4 aromatic carbocycles. The van der Waals surface area contributed by atoms with Crippen LogP contribution in [-0.4, -0.2) is 79.3 Å². The van der Waals surface area contributed by atoms with E-state index < -0.39 is 0 Å². The molecule has 12 bridgehead atoms. The second-order valence-corrected chi connectivity index (χ2v) is 12.2. The number of ether oxygens (including phenoxy) is 8. The second-order valence-electron chi connectivity index (χ2n) is 12.2. The Morgan fingerprint density at radius 2 is 0.438 bits per heavy atom. The summed E-state index contributed by atoms with van der Waals surface area (Å²) in [6.45, 7) is 5.67. The Kier molecular flexibility index (Phi) is 11.1. The van der Waals surface area contributed by atoms with Gasteiger partial charge in [-0.05, 0) is 44.5 Å². The molecule has 8 heteroatoms. The van der Waals surface area contributed by atoms with E-state index in [0.717, 1.165) is 67.5 Å². The van der Waals surface area contributed by atoms with Crippen LogP contribution >= 0.6 is 0 Å². The van der Waals surface area contributed by atoms with Gasteiger partial charge in [0.2, 0.25) is 0 Å². The lowest BCUT2D eigenvalue weighted by molar-refractivity contribution is 0.0271. The molecule has 252 valence electrons. The second kappa shape index (κ2) is 16.3. The van der Waals surface area contributed by atoms with Crippen molar-refractivity contribution in [2.45, 2.75) is 25.7 Å². The Balaban J connectivity index is 1.41. The molecule has 2 heterocycles. The minimum Gasteiger partial charge on any atom is -0.491 e. The van der Waals surface area contributed by atoms with Crippen molar-refractivity contribution in [3.05, 3.63) is 117 Å². The summed E-state index contributed by atoms with van der Waals surface area (Å²) < 4.78 is 49.7. The zero-order chi connectivity index (χ0) is 32.4. The number of hydrogen-bond donors (Lipinski definition) is 0. The Morgan fingerprint density at radius 3 is 0.646 bits per heavy atom. The van der Waals surface area contributed by atoms with Gasteiger partial charge >= 0.3 is 0 Å². The van der Waals surface area contributed by atoms with Crippen LogP contribution in [0.15, 0.2) is 72.8 Å². The third kappa shape index (κ3) is 7.96. The Hall–Kier alpha value is -4.08. The van der Waals surface area contributed by atoms with Crippen molar-refractivity contribution in [3.8, 4) is 23.0 Å². The van der Waals surface area contributed by atoms with Gasteiger partial charge in [-0.1, -0.05) is 72.8 Å². The van der Waals surface area contributed by atoms with Crippen LogP contribution < -0.4 is 18.9 Å². The first-order valence-electron chi connectivity index (χ1n) is 17.1. The van der Waals surface area contributed by atoms with Crippen LogP contribution in [0.4, 0.5) is 0 Å². The summed E-state index contributed by atoms with van der Waals surface area (Å²) >= 11 is 0. The first-order valence-corrected chi connectivity index (χ1v) is 17.1. The van der Waals surface area contributed by atoms with Gasteiger partial charge in [0.1, 0.15) is 49.4 Å². The van der Waals surface area contributed by atoms with Gasteiger partial charge in [-0.15, -0.1) is 0 Å². The Morgan fingerprint density at radius 1 is 0.250 bits per heavy atom. The SMILES string of the molecule is c1cc2c3c(c1)Cc1cccc4c1OCCOCCOCCOc1c(cccc1Cc1cccc(c1OCCOCCOCCO3)C2)C4. The predicted octanol–water partition coefficient (Wildman–Crippen LogP) is 5.97. The van der Waals surface area contributed by atoms with Gasteiger partial charge in [-0.3, -0.25) is 0 Å². The maximum atomic E-state index is 6.58. The van der Waals surface area contributed by atoms with Crippen LogP contribution in [0, 0.1) is 0 Å². The Bertz CT molecular complexity index is 1430. The van der Waals surface area contributed by atoms with Gasteiger partial charge in [-0.2, -0.15) is 0 Å². The topological polar surface area (TPSA) is 73.8 Å². The normalized spacial score (nSPS) is 17.8. The third-order valence-electron chi connectivity index (χ3n) is 8.88. The quantitative estimate of drug-likeness (QED) is 0.203. The van der Waals surface area contributed by atoms with Crippen LogP contribution in [0.2, 0.25) is 0 Å². The molecular formula is C40H44O8. The van der Waals surface area contributed by atoms with Gasteiger partial charge in [0, 0.05) is 25.7 Å². The molecule has 0 saturated carbocycles. The molecule has 0 radical (unpaired) electrons. The molecule has 0 saturated heterocycles. The highest BCUT2D eigenvalue weighted by Gasteiger charge is 2.22. The van der Waals surface area contributed by atoms with Crippen molar-refractivity contribution in [3.63, 3.8) is 0 Å². The van der Waals surface area contributed by atoms with Gasteiger partial charge < -0.3 is 37.9 Å². The number of rotatable bonds is 0. The molecule has 3 aliphatic rings. The van der Waals surface area contributed by atoms with Crippen molar-refractivity contribution in [2.24, 2.45) is 0 Å². The lowest BCUT2D eigenvalue weighted by Crippen LogP contribution is -2.14. The van der Waals surface area contributed by atoms with Crippen LogP contribution in [0.5, 0.6) is 23.0 Å².